The smallest absolute Gasteiger partial charge is 0.429 e. The van der Waals surface area contributed by atoms with Crippen LogP contribution in [0, 0.1) is 0 Å². The zero-order valence-electron chi connectivity index (χ0n) is 10.1. The Bertz CT molecular complexity index is 372. The number of carbonyl (C=O) groups excluding carboxylic acids is 2. The fraction of sp³-hybridized carbons (Fsp3) is 0.636. The van der Waals surface area contributed by atoms with Gasteiger partial charge in [0.1, 0.15) is 17.7 Å². The number of hydrogen-bond acceptors (Lipinski definition) is 4. The van der Waals surface area contributed by atoms with Crippen LogP contribution in [0.3, 0.4) is 0 Å². The molecule has 1 aliphatic heterocycles. The fourth-order valence-electron chi connectivity index (χ4n) is 1.82. The molecule has 2 atom stereocenters. The summed E-state index contributed by atoms with van der Waals surface area (Å²) in [4.78, 5) is 23.0. The highest BCUT2D eigenvalue weighted by molar-refractivity contribution is 5.76. The summed E-state index contributed by atoms with van der Waals surface area (Å²) in [6, 6.07) is -0.157. The largest absolute Gasteiger partial charge is 0.443 e. The van der Waals surface area contributed by atoms with Crippen LogP contribution in [0.4, 0.5) is 9.59 Å². The lowest BCUT2D eigenvalue weighted by atomic mass is 10.2. The molecule has 0 bridgehead atoms. The van der Waals surface area contributed by atoms with Crippen LogP contribution in [0.25, 0.3) is 0 Å². The Labute approximate surface area is 99.5 Å². The first-order valence-corrected chi connectivity index (χ1v) is 5.53. The molecule has 1 heterocycles. The number of rotatable bonds is 1. The number of nitrogens with zero attached hydrogens (tertiary/aromatic N) is 1. The molecule has 0 aromatic rings. The van der Waals surface area contributed by atoms with Crippen molar-refractivity contribution in [3.8, 4) is 0 Å². The maximum atomic E-state index is 11.5. The van der Waals surface area contributed by atoms with Crippen LogP contribution in [-0.2, 0) is 9.47 Å². The molecule has 6 heteroatoms. The summed E-state index contributed by atoms with van der Waals surface area (Å²) in [5.74, 6) is 0. The zero-order chi connectivity index (χ0) is 12.6. The van der Waals surface area contributed by atoms with Crippen LogP contribution in [0.5, 0.6) is 0 Å². The first kappa shape index (κ1) is 11.8. The highest BCUT2D eigenvalue weighted by atomic mass is 16.6. The fourth-order valence-corrected chi connectivity index (χ4v) is 1.82. The summed E-state index contributed by atoms with van der Waals surface area (Å²) in [5, 5.41) is 1.19. The number of ether oxygens (including phenoxy) is 2. The van der Waals surface area contributed by atoms with Gasteiger partial charge in [0.25, 0.3) is 0 Å². The molecule has 1 fully saturated rings. The van der Waals surface area contributed by atoms with Crippen LogP contribution < -0.4 is 5.43 Å². The second-order valence-corrected chi connectivity index (χ2v) is 5.06. The number of nitrogens with one attached hydrogen (secondary N) is 1. The van der Waals surface area contributed by atoms with Gasteiger partial charge in [-0.25, -0.2) is 20.0 Å². The van der Waals surface area contributed by atoms with Gasteiger partial charge in [0.2, 0.25) is 0 Å². The Balaban J connectivity index is 1.95. The van der Waals surface area contributed by atoms with Crippen LogP contribution in [0.1, 0.15) is 27.2 Å². The van der Waals surface area contributed by atoms with E-state index in [1.54, 1.807) is 20.8 Å². The quantitative estimate of drug-likeness (QED) is 0.706. The number of carbonyl (C=O) groups is 2. The van der Waals surface area contributed by atoms with Gasteiger partial charge in [-0.2, -0.15) is 0 Å². The SMILES string of the molecule is CC(C)(C)OC(=O)NN1C(=O)OC2C=CCC21. The average molecular weight is 240 g/mol. The highest BCUT2D eigenvalue weighted by Gasteiger charge is 2.43. The Morgan fingerprint density at radius 1 is 1.59 bits per heavy atom. The molecule has 2 rings (SSSR count). The third-order valence-electron chi connectivity index (χ3n) is 2.46. The van der Waals surface area contributed by atoms with E-state index in [0.29, 0.717) is 6.42 Å². The van der Waals surface area contributed by atoms with E-state index in [-0.39, 0.29) is 12.1 Å². The Morgan fingerprint density at radius 2 is 2.29 bits per heavy atom. The van der Waals surface area contributed by atoms with Gasteiger partial charge in [0.05, 0.1) is 0 Å². The van der Waals surface area contributed by atoms with Crippen molar-refractivity contribution in [3.63, 3.8) is 0 Å². The molecule has 0 spiro atoms. The van der Waals surface area contributed by atoms with Gasteiger partial charge in [0, 0.05) is 0 Å². The van der Waals surface area contributed by atoms with Crippen molar-refractivity contribution in [3.05, 3.63) is 12.2 Å². The molecular formula is C11H16N2O4. The first-order valence-electron chi connectivity index (χ1n) is 5.53. The number of hydrazine groups is 1. The van der Waals surface area contributed by atoms with E-state index in [2.05, 4.69) is 5.43 Å². The molecule has 1 aliphatic carbocycles. The zero-order valence-corrected chi connectivity index (χ0v) is 10.1. The summed E-state index contributed by atoms with van der Waals surface area (Å²) in [7, 11) is 0. The van der Waals surface area contributed by atoms with Crippen molar-refractivity contribution in [1.29, 1.82) is 0 Å². The first-order chi connectivity index (χ1) is 7.87. The highest BCUT2D eigenvalue weighted by Crippen LogP contribution is 2.26. The van der Waals surface area contributed by atoms with Crippen molar-refractivity contribution in [2.45, 2.75) is 44.9 Å². The maximum Gasteiger partial charge on any atom is 0.429 e. The van der Waals surface area contributed by atoms with E-state index in [4.69, 9.17) is 9.47 Å². The normalized spacial score (nSPS) is 26.8. The Hall–Kier alpha value is -1.72. The van der Waals surface area contributed by atoms with Gasteiger partial charge in [-0.15, -0.1) is 0 Å². The molecule has 0 saturated carbocycles. The number of fused-ring (bicyclic) bond motifs is 1. The molecule has 1 N–H and O–H groups in total. The topological polar surface area (TPSA) is 67.9 Å². The third kappa shape index (κ3) is 2.51. The summed E-state index contributed by atoms with van der Waals surface area (Å²) >= 11 is 0. The predicted octanol–water partition coefficient (Wildman–Crippen LogP) is 1.58. The van der Waals surface area contributed by atoms with Crippen molar-refractivity contribution < 1.29 is 19.1 Å². The number of amides is 2. The molecular weight excluding hydrogens is 224 g/mol. The molecule has 0 radical (unpaired) electrons. The van der Waals surface area contributed by atoms with Crippen LogP contribution >= 0.6 is 0 Å². The molecule has 2 amide bonds. The van der Waals surface area contributed by atoms with E-state index in [1.165, 1.54) is 5.01 Å². The summed E-state index contributed by atoms with van der Waals surface area (Å²) in [6.07, 6.45) is 2.95. The predicted molar refractivity (Wildman–Crippen MR) is 59.0 cm³/mol. The van der Waals surface area contributed by atoms with Gasteiger partial charge in [-0.1, -0.05) is 6.08 Å². The van der Waals surface area contributed by atoms with Crippen LogP contribution in [-0.4, -0.2) is 34.9 Å². The maximum absolute atomic E-state index is 11.5. The average Bonchev–Trinajstić information content (AvgIpc) is 2.67. The summed E-state index contributed by atoms with van der Waals surface area (Å²) < 4.78 is 10.1. The molecule has 0 aromatic carbocycles. The van der Waals surface area contributed by atoms with Gasteiger partial charge in [0.15, 0.2) is 0 Å². The molecule has 2 unspecified atom stereocenters. The van der Waals surface area contributed by atoms with Gasteiger partial charge < -0.3 is 9.47 Å². The van der Waals surface area contributed by atoms with Gasteiger partial charge in [-0.05, 0) is 33.3 Å². The van der Waals surface area contributed by atoms with E-state index in [0.717, 1.165) is 0 Å². The summed E-state index contributed by atoms with van der Waals surface area (Å²) in [5.41, 5.74) is 1.82. The minimum absolute atomic E-state index is 0.157. The molecule has 2 aliphatic rings. The van der Waals surface area contributed by atoms with E-state index in [1.807, 2.05) is 12.2 Å². The van der Waals surface area contributed by atoms with Crippen LogP contribution in [0.2, 0.25) is 0 Å². The molecule has 0 aromatic heterocycles. The minimum Gasteiger partial charge on any atom is -0.443 e. The van der Waals surface area contributed by atoms with Crippen molar-refractivity contribution in [2.75, 3.05) is 0 Å². The lowest BCUT2D eigenvalue weighted by Crippen LogP contribution is -2.49. The second-order valence-electron chi connectivity index (χ2n) is 5.06. The molecule has 94 valence electrons. The van der Waals surface area contributed by atoms with Gasteiger partial charge in [-0.3, -0.25) is 0 Å². The van der Waals surface area contributed by atoms with E-state index in [9.17, 15) is 9.59 Å². The van der Waals surface area contributed by atoms with Gasteiger partial charge >= 0.3 is 12.2 Å². The minimum atomic E-state index is -0.651. The van der Waals surface area contributed by atoms with Crippen molar-refractivity contribution in [1.82, 2.24) is 10.4 Å². The van der Waals surface area contributed by atoms with E-state index < -0.39 is 17.8 Å². The Kier molecular flexibility index (Phi) is 2.73. The van der Waals surface area contributed by atoms with Crippen molar-refractivity contribution in [2.24, 2.45) is 0 Å². The second kappa shape index (κ2) is 3.94. The Morgan fingerprint density at radius 3 is 2.94 bits per heavy atom. The lowest BCUT2D eigenvalue weighted by Gasteiger charge is -2.24. The van der Waals surface area contributed by atoms with Crippen molar-refractivity contribution >= 4 is 12.2 Å². The van der Waals surface area contributed by atoms with E-state index >= 15 is 0 Å². The van der Waals surface area contributed by atoms with Crippen LogP contribution in [0.15, 0.2) is 12.2 Å². The molecule has 17 heavy (non-hydrogen) atoms. The summed E-state index contributed by atoms with van der Waals surface area (Å²) in [6.45, 7) is 5.28. The monoisotopic (exact) mass is 240 g/mol. The standard InChI is InChI=1S/C11H16N2O4/c1-11(2,3)17-9(14)12-13-7-5-4-6-8(7)16-10(13)15/h4,6-8H,5H2,1-3H3,(H,12,14). The third-order valence-corrected chi connectivity index (χ3v) is 2.46. The lowest BCUT2D eigenvalue weighted by molar-refractivity contribution is 0.0355. The molecule has 1 saturated heterocycles. The molecule has 6 nitrogen and oxygen atoms in total. The number of hydrogen-bond donors (Lipinski definition) is 1.